The molecule has 11 nitrogen and oxygen atoms in total. The molecule has 0 aromatic carbocycles. The fourth-order valence-corrected chi connectivity index (χ4v) is 1.80. The van der Waals surface area contributed by atoms with Gasteiger partial charge in [0, 0.05) is 12.8 Å². The van der Waals surface area contributed by atoms with Crippen molar-refractivity contribution in [1.29, 1.82) is 0 Å². The van der Waals surface area contributed by atoms with Crippen LogP contribution in [0, 0.1) is 0 Å². The monoisotopic (exact) mass is 412 g/mol. The Morgan fingerprint density at radius 3 is 1.79 bits per heavy atom. The molecule has 0 saturated heterocycles. The third kappa shape index (κ3) is 18.0. The zero-order chi connectivity index (χ0) is 21.0. The van der Waals surface area contributed by atoms with E-state index in [4.69, 9.17) is 44.1 Å². The highest BCUT2D eigenvalue weighted by atomic mass is 16.6. The Hall–Kier alpha value is -1.34. The maximum atomic E-state index is 11.5. The number of esters is 1. The summed E-state index contributed by atoms with van der Waals surface area (Å²) < 4.78 is 25.8. The fourth-order valence-electron chi connectivity index (χ4n) is 1.80. The average Bonchev–Trinajstić information content (AvgIpc) is 2.67. The van der Waals surface area contributed by atoms with Crippen LogP contribution in [0.3, 0.4) is 0 Å². The van der Waals surface area contributed by atoms with Crippen molar-refractivity contribution in [2.75, 3.05) is 66.1 Å². The molecule has 0 aromatic rings. The van der Waals surface area contributed by atoms with E-state index in [2.05, 4.69) is 0 Å². The SMILES string of the molecule is O=C(O)CCCC(=O)OC(CO)COCCOCCOCCOCC(O)CO. The quantitative estimate of drug-likeness (QED) is 0.137. The number of ether oxygens (including phenoxy) is 5. The van der Waals surface area contributed by atoms with E-state index in [1.807, 2.05) is 0 Å². The Morgan fingerprint density at radius 2 is 1.29 bits per heavy atom. The number of carboxylic acids is 1. The number of aliphatic hydroxyl groups excluding tert-OH is 3. The molecule has 28 heavy (non-hydrogen) atoms. The van der Waals surface area contributed by atoms with Crippen LogP contribution in [0.15, 0.2) is 0 Å². The standard InChI is InChI=1S/C17H32O11/c18-10-14(20)12-26-8-6-24-4-5-25-7-9-27-13-15(11-19)28-17(23)3-1-2-16(21)22/h14-15,18-20H,1-13H2,(H,21,22). The molecule has 2 atom stereocenters. The van der Waals surface area contributed by atoms with Crippen LogP contribution < -0.4 is 0 Å². The normalized spacial score (nSPS) is 13.2. The molecule has 0 fully saturated rings. The van der Waals surface area contributed by atoms with E-state index in [0.717, 1.165) is 0 Å². The second-order valence-electron chi connectivity index (χ2n) is 5.75. The summed E-state index contributed by atoms with van der Waals surface area (Å²) in [6.45, 7) is 1.23. The molecule has 0 bridgehead atoms. The highest BCUT2D eigenvalue weighted by Crippen LogP contribution is 2.01. The number of carbonyl (C=O) groups is 2. The molecule has 0 aromatic heterocycles. The molecule has 4 N–H and O–H groups in total. The van der Waals surface area contributed by atoms with Crippen LogP contribution in [-0.2, 0) is 33.3 Å². The van der Waals surface area contributed by atoms with Gasteiger partial charge in [0.1, 0.15) is 12.2 Å². The highest BCUT2D eigenvalue weighted by Gasteiger charge is 2.14. The third-order valence-corrected chi connectivity index (χ3v) is 3.21. The number of carbonyl (C=O) groups excluding carboxylic acids is 1. The molecule has 0 aliphatic heterocycles. The minimum absolute atomic E-state index is 0.0120. The molecule has 0 aliphatic rings. The predicted molar refractivity (Wildman–Crippen MR) is 94.8 cm³/mol. The lowest BCUT2D eigenvalue weighted by molar-refractivity contribution is -0.155. The topological polar surface area (TPSA) is 161 Å². The summed E-state index contributed by atoms with van der Waals surface area (Å²) >= 11 is 0. The summed E-state index contributed by atoms with van der Waals surface area (Å²) in [5.74, 6) is -1.56. The van der Waals surface area contributed by atoms with Crippen LogP contribution in [-0.4, -0.2) is 111 Å². The Kier molecular flexibility index (Phi) is 18.1. The highest BCUT2D eigenvalue weighted by molar-refractivity contribution is 5.71. The van der Waals surface area contributed by atoms with Crippen molar-refractivity contribution >= 4 is 11.9 Å². The van der Waals surface area contributed by atoms with E-state index in [1.165, 1.54) is 0 Å². The van der Waals surface area contributed by atoms with Gasteiger partial charge in [-0.2, -0.15) is 0 Å². The second-order valence-corrected chi connectivity index (χ2v) is 5.75. The lowest BCUT2D eigenvalue weighted by atomic mass is 10.2. The van der Waals surface area contributed by atoms with Crippen LogP contribution in [0.1, 0.15) is 19.3 Å². The molecule has 0 saturated carbocycles. The summed E-state index contributed by atoms with van der Waals surface area (Å²) in [4.78, 5) is 21.9. The van der Waals surface area contributed by atoms with E-state index in [0.29, 0.717) is 33.0 Å². The molecule has 11 heteroatoms. The zero-order valence-corrected chi connectivity index (χ0v) is 16.0. The van der Waals surface area contributed by atoms with Gasteiger partial charge >= 0.3 is 11.9 Å². The van der Waals surface area contributed by atoms with E-state index < -0.39 is 30.8 Å². The van der Waals surface area contributed by atoms with Crippen molar-refractivity contribution in [2.24, 2.45) is 0 Å². The average molecular weight is 412 g/mol. The first kappa shape index (κ1) is 26.7. The first-order valence-electron chi connectivity index (χ1n) is 9.11. The summed E-state index contributed by atoms with van der Waals surface area (Å²) in [7, 11) is 0. The number of hydrogen-bond acceptors (Lipinski definition) is 10. The van der Waals surface area contributed by atoms with Crippen LogP contribution >= 0.6 is 0 Å². The van der Waals surface area contributed by atoms with E-state index in [-0.39, 0.29) is 45.7 Å². The molecular formula is C17H32O11. The maximum absolute atomic E-state index is 11.5. The summed E-state index contributed by atoms with van der Waals surface area (Å²) in [6, 6.07) is 0. The number of carboxylic acid groups (broad SMARTS) is 1. The van der Waals surface area contributed by atoms with Crippen LogP contribution in [0.4, 0.5) is 0 Å². The number of rotatable bonds is 20. The first-order valence-corrected chi connectivity index (χ1v) is 9.11. The third-order valence-electron chi connectivity index (χ3n) is 3.21. The Labute approximate surface area is 164 Å². The summed E-state index contributed by atoms with van der Waals surface area (Å²) in [5.41, 5.74) is 0. The van der Waals surface area contributed by atoms with Gasteiger partial charge in [-0.15, -0.1) is 0 Å². The summed E-state index contributed by atoms with van der Waals surface area (Å²) in [6.07, 6.45) is -1.64. The van der Waals surface area contributed by atoms with Gasteiger partial charge in [0.25, 0.3) is 0 Å². The smallest absolute Gasteiger partial charge is 0.306 e. The maximum Gasteiger partial charge on any atom is 0.306 e. The van der Waals surface area contributed by atoms with E-state index in [9.17, 15) is 9.59 Å². The lowest BCUT2D eigenvalue weighted by Crippen LogP contribution is -2.28. The van der Waals surface area contributed by atoms with E-state index >= 15 is 0 Å². The molecule has 0 aliphatic carbocycles. The van der Waals surface area contributed by atoms with Gasteiger partial charge in [0.15, 0.2) is 0 Å². The Balaban J connectivity index is 3.45. The van der Waals surface area contributed by atoms with Crippen molar-refractivity contribution in [2.45, 2.75) is 31.5 Å². The molecule has 0 spiro atoms. The van der Waals surface area contributed by atoms with Crippen LogP contribution in [0.25, 0.3) is 0 Å². The molecule has 0 radical (unpaired) electrons. The van der Waals surface area contributed by atoms with Gasteiger partial charge in [-0.25, -0.2) is 0 Å². The van der Waals surface area contributed by atoms with Gasteiger partial charge in [-0.05, 0) is 6.42 Å². The van der Waals surface area contributed by atoms with Gasteiger partial charge in [0.05, 0.1) is 66.1 Å². The first-order chi connectivity index (χ1) is 13.5. The lowest BCUT2D eigenvalue weighted by Gasteiger charge is -2.15. The van der Waals surface area contributed by atoms with Crippen LogP contribution in [0.5, 0.6) is 0 Å². The van der Waals surface area contributed by atoms with E-state index in [1.54, 1.807) is 0 Å². The number of aliphatic hydroxyl groups is 3. The van der Waals surface area contributed by atoms with Crippen LogP contribution in [0.2, 0.25) is 0 Å². The summed E-state index contributed by atoms with van der Waals surface area (Å²) in [5, 5.41) is 35.3. The number of hydrogen-bond donors (Lipinski definition) is 4. The van der Waals surface area contributed by atoms with Crippen molar-refractivity contribution < 1.29 is 53.7 Å². The molecule has 2 unspecified atom stereocenters. The van der Waals surface area contributed by atoms with Crippen molar-refractivity contribution in [3.05, 3.63) is 0 Å². The van der Waals surface area contributed by atoms with Crippen molar-refractivity contribution in [1.82, 2.24) is 0 Å². The largest absolute Gasteiger partial charge is 0.481 e. The second kappa shape index (κ2) is 19.0. The van der Waals surface area contributed by atoms with Crippen molar-refractivity contribution in [3.8, 4) is 0 Å². The molecule has 0 rings (SSSR count). The Morgan fingerprint density at radius 1 is 0.750 bits per heavy atom. The molecule has 166 valence electrons. The fraction of sp³-hybridized carbons (Fsp3) is 0.882. The zero-order valence-electron chi connectivity index (χ0n) is 16.0. The van der Waals surface area contributed by atoms with Gasteiger partial charge in [-0.1, -0.05) is 0 Å². The molecule has 0 amide bonds. The molecular weight excluding hydrogens is 380 g/mol. The van der Waals surface area contributed by atoms with Crippen molar-refractivity contribution in [3.63, 3.8) is 0 Å². The van der Waals surface area contributed by atoms with Gasteiger partial charge in [-0.3, -0.25) is 9.59 Å². The minimum Gasteiger partial charge on any atom is -0.481 e. The molecule has 0 heterocycles. The van der Waals surface area contributed by atoms with Gasteiger partial charge in [0.2, 0.25) is 0 Å². The predicted octanol–water partition coefficient (Wildman–Crippen LogP) is -1.43. The van der Waals surface area contributed by atoms with Gasteiger partial charge < -0.3 is 44.1 Å². The minimum atomic E-state index is -0.980. The Bertz CT molecular complexity index is 391. The number of aliphatic carboxylic acids is 1.